The van der Waals surface area contributed by atoms with Gasteiger partial charge in [-0.25, -0.2) is 13.2 Å². The van der Waals surface area contributed by atoms with E-state index in [0.717, 1.165) is 11.3 Å². The molecule has 38 heavy (non-hydrogen) atoms. The van der Waals surface area contributed by atoms with E-state index in [1.807, 2.05) is 0 Å². The van der Waals surface area contributed by atoms with Gasteiger partial charge in [-0.2, -0.15) is 4.99 Å². The minimum Gasteiger partial charge on any atom is -0.468 e. The number of esters is 2. The summed E-state index contributed by atoms with van der Waals surface area (Å²) in [4.78, 5) is 41.8. The van der Waals surface area contributed by atoms with Gasteiger partial charge in [0.1, 0.15) is 6.54 Å². The van der Waals surface area contributed by atoms with Gasteiger partial charge in [-0.15, -0.1) is 0 Å². The van der Waals surface area contributed by atoms with Crippen LogP contribution in [-0.2, 0) is 30.8 Å². The van der Waals surface area contributed by atoms with Crippen LogP contribution in [0.5, 0.6) is 0 Å². The third-order valence-electron chi connectivity index (χ3n) is 5.32. The molecule has 0 spiro atoms. The van der Waals surface area contributed by atoms with Gasteiger partial charge in [-0.05, 0) is 55.5 Å². The maximum Gasteiger partial charge on any atom is 0.338 e. The number of nitrogens with zero attached hydrogens (tertiary/aromatic N) is 2. The average molecular weight is 554 g/mol. The first-order chi connectivity index (χ1) is 18.2. The van der Waals surface area contributed by atoms with Gasteiger partial charge in [0.05, 0.1) is 34.4 Å². The fourth-order valence-corrected chi connectivity index (χ4v) is 5.66. The number of benzene rings is 3. The SMILES string of the molecule is CCOC(=O)c1ccc2c(c1)sc(=NC(=O)c1cccc(NS(=O)(=O)c3ccccc3)c1)n2CC(=O)OC. The zero-order valence-corrected chi connectivity index (χ0v) is 22.0. The Labute approximate surface area is 222 Å². The van der Waals surface area contributed by atoms with Crippen molar-refractivity contribution >= 4 is 55.1 Å². The predicted molar refractivity (Wildman–Crippen MR) is 141 cm³/mol. The Morgan fingerprint density at radius 3 is 2.45 bits per heavy atom. The quantitative estimate of drug-likeness (QED) is 0.330. The number of fused-ring (bicyclic) bond motifs is 1. The zero-order chi connectivity index (χ0) is 27.3. The van der Waals surface area contributed by atoms with Crippen molar-refractivity contribution in [1.29, 1.82) is 0 Å². The summed E-state index contributed by atoms with van der Waals surface area (Å²) in [5, 5.41) is 0. The molecule has 1 amide bonds. The summed E-state index contributed by atoms with van der Waals surface area (Å²) in [7, 11) is -2.60. The van der Waals surface area contributed by atoms with Gasteiger partial charge in [0.15, 0.2) is 4.80 Å². The normalized spacial score (nSPS) is 11.8. The molecular formula is C26H23N3O7S2. The van der Waals surface area contributed by atoms with E-state index in [0.29, 0.717) is 15.8 Å². The number of nitrogens with one attached hydrogen (secondary N) is 1. The van der Waals surface area contributed by atoms with Crippen LogP contribution < -0.4 is 9.52 Å². The molecule has 0 saturated carbocycles. The molecule has 12 heteroatoms. The first-order valence-corrected chi connectivity index (χ1v) is 13.7. The molecule has 0 saturated heterocycles. The third kappa shape index (κ3) is 5.98. The van der Waals surface area contributed by atoms with Gasteiger partial charge in [0.25, 0.3) is 15.9 Å². The van der Waals surface area contributed by atoms with Crippen LogP contribution in [0.4, 0.5) is 5.69 Å². The summed E-state index contributed by atoms with van der Waals surface area (Å²) in [6.07, 6.45) is 0. The standard InChI is InChI=1S/C26H23N3O7S2/c1-3-36-25(32)18-12-13-21-22(15-18)37-26(29(21)16-23(30)35-2)27-24(31)17-8-7-9-19(14-17)28-38(33,34)20-10-5-4-6-11-20/h4-15,28H,3,16H2,1-2H3. The smallest absolute Gasteiger partial charge is 0.338 e. The number of rotatable bonds is 8. The topological polar surface area (TPSA) is 133 Å². The molecule has 4 aromatic rings. The van der Waals surface area contributed by atoms with E-state index < -0.39 is 27.9 Å². The van der Waals surface area contributed by atoms with Crippen molar-refractivity contribution in [2.24, 2.45) is 4.99 Å². The van der Waals surface area contributed by atoms with E-state index >= 15 is 0 Å². The second-order valence-corrected chi connectivity index (χ2v) is 10.6. The van der Waals surface area contributed by atoms with Gasteiger partial charge in [0.2, 0.25) is 0 Å². The molecule has 0 bridgehead atoms. The number of methoxy groups -OCH3 is 1. The highest BCUT2D eigenvalue weighted by molar-refractivity contribution is 7.92. The number of carbonyl (C=O) groups is 3. The van der Waals surface area contributed by atoms with Crippen molar-refractivity contribution in [2.45, 2.75) is 18.4 Å². The Kier molecular flexibility index (Phi) is 8.03. The summed E-state index contributed by atoms with van der Waals surface area (Å²) < 4.78 is 39.8. The highest BCUT2D eigenvalue weighted by atomic mass is 32.2. The Morgan fingerprint density at radius 1 is 0.974 bits per heavy atom. The number of carbonyl (C=O) groups excluding carboxylic acids is 3. The summed E-state index contributed by atoms with van der Waals surface area (Å²) in [6, 6.07) is 18.6. The van der Waals surface area contributed by atoms with Crippen molar-refractivity contribution in [1.82, 2.24) is 4.57 Å². The molecule has 196 valence electrons. The number of thiazole rings is 1. The van der Waals surface area contributed by atoms with Crippen LogP contribution in [0.1, 0.15) is 27.6 Å². The fraction of sp³-hybridized carbons (Fsp3) is 0.154. The van der Waals surface area contributed by atoms with E-state index in [-0.39, 0.29) is 34.1 Å². The predicted octanol–water partition coefficient (Wildman–Crippen LogP) is 3.59. The van der Waals surface area contributed by atoms with Gasteiger partial charge in [0, 0.05) is 11.3 Å². The molecule has 0 aliphatic heterocycles. The number of anilines is 1. The van der Waals surface area contributed by atoms with E-state index in [1.165, 1.54) is 48.1 Å². The number of aromatic nitrogens is 1. The number of amides is 1. The van der Waals surface area contributed by atoms with E-state index in [9.17, 15) is 22.8 Å². The minimum atomic E-state index is -3.85. The van der Waals surface area contributed by atoms with Crippen molar-refractivity contribution in [3.63, 3.8) is 0 Å². The maximum absolute atomic E-state index is 13.1. The monoisotopic (exact) mass is 553 g/mol. The molecule has 0 atom stereocenters. The number of hydrogen-bond donors (Lipinski definition) is 1. The highest BCUT2D eigenvalue weighted by Gasteiger charge is 2.17. The van der Waals surface area contributed by atoms with Crippen molar-refractivity contribution in [2.75, 3.05) is 18.4 Å². The lowest BCUT2D eigenvalue weighted by Gasteiger charge is -2.08. The molecule has 4 rings (SSSR count). The van der Waals surface area contributed by atoms with Crippen LogP contribution in [0, 0.1) is 0 Å². The third-order valence-corrected chi connectivity index (χ3v) is 7.76. The summed E-state index contributed by atoms with van der Waals surface area (Å²) >= 11 is 1.11. The summed E-state index contributed by atoms with van der Waals surface area (Å²) in [6.45, 7) is 1.72. The second kappa shape index (κ2) is 11.4. The molecule has 0 radical (unpaired) electrons. The maximum atomic E-state index is 13.1. The van der Waals surface area contributed by atoms with E-state index in [2.05, 4.69) is 9.71 Å². The number of ether oxygens (including phenoxy) is 2. The van der Waals surface area contributed by atoms with Crippen LogP contribution in [0.15, 0.2) is 82.7 Å². The van der Waals surface area contributed by atoms with E-state index in [4.69, 9.17) is 9.47 Å². The number of hydrogen-bond acceptors (Lipinski definition) is 8. The first-order valence-electron chi connectivity index (χ1n) is 11.4. The molecule has 1 N–H and O–H groups in total. The lowest BCUT2D eigenvalue weighted by molar-refractivity contribution is -0.141. The Hall–Kier alpha value is -4.29. The summed E-state index contributed by atoms with van der Waals surface area (Å²) in [5.41, 5.74) is 1.21. The number of sulfonamides is 1. The van der Waals surface area contributed by atoms with Gasteiger partial charge >= 0.3 is 11.9 Å². The van der Waals surface area contributed by atoms with Crippen molar-refractivity contribution < 1.29 is 32.3 Å². The Morgan fingerprint density at radius 2 is 1.74 bits per heavy atom. The zero-order valence-electron chi connectivity index (χ0n) is 20.4. The molecule has 1 heterocycles. The van der Waals surface area contributed by atoms with Gasteiger partial charge in [-0.3, -0.25) is 14.3 Å². The van der Waals surface area contributed by atoms with Crippen molar-refractivity contribution in [3.05, 3.63) is 88.7 Å². The lowest BCUT2D eigenvalue weighted by atomic mass is 10.2. The van der Waals surface area contributed by atoms with Crippen LogP contribution in [0.2, 0.25) is 0 Å². The molecule has 1 aromatic heterocycles. The Balaban J connectivity index is 1.71. The molecular weight excluding hydrogens is 530 g/mol. The molecule has 0 fully saturated rings. The van der Waals surface area contributed by atoms with Crippen LogP contribution in [-0.4, -0.2) is 44.5 Å². The van der Waals surface area contributed by atoms with Crippen molar-refractivity contribution in [3.8, 4) is 0 Å². The van der Waals surface area contributed by atoms with Gasteiger partial charge in [-0.1, -0.05) is 35.6 Å². The molecule has 10 nitrogen and oxygen atoms in total. The Bertz CT molecular complexity index is 1690. The first kappa shape index (κ1) is 26.8. The van der Waals surface area contributed by atoms with Crippen LogP contribution in [0.3, 0.4) is 0 Å². The minimum absolute atomic E-state index is 0.0812. The lowest BCUT2D eigenvalue weighted by Crippen LogP contribution is -2.22. The summed E-state index contributed by atoms with van der Waals surface area (Å²) in [5.74, 6) is -1.70. The fourth-order valence-electron chi connectivity index (χ4n) is 3.53. The second-order valence-electron chi connectivity index (χ2n) is 7.87. The highest BCUT2D eigenvalue weighted by Crippen LogP contribution is 2.21. The molecule has 0 aliphatic carbocycles. The average Bonchev–Trinajstić information content (AvgIpc) is 3.24. The van der Waals surface area contributed by atoms with E-state index in [1.54, 1.807) is 43.3 Å². The molecule has 3 aromatic carbocycles. The largest absolute Gasteiger partial charge is 0.468 e. The molecule has 0 aliphatic rings. The van der Waals surface area contributed by atoms with Gasteiger partial charge < -0.3 is 14.0 Å². The molecule has 0 unspecified atom stereocenters. The van der Waals surface area contributed by atoms with Crippen LogP contribution in [0.25, 0.3) is 10.2 Å². The van der Waals surface area contributed by atoms with Crippen LogP contribution >= 0.6 is 11.3 Å².